The molecule has 3 rings (SSSR count). The number of hydrogen-bond acceptors (Lipinski definition) is 8. The normalized spacial score (nSPS) is 11.2. The molecule has 0 aliphatic carbocycles. The quantitative estimate of drug-likeness (QED) is 0.432. The van der Waals surface area contributed by atoms with Gasteiger partial charge < -0.3 is 5.11 Å². The van der Waals surface area contributed by atoms with E-state index in [1.165, 1.54) is 42.1 Å². The van der Waals surface area contributed by atoms with Gasteiger partial charge in [-0.25, -0.2) is 9.97 Å². The average Bonchev–Trinajstić information content (AvgIpc) is 2.91. The summed E-state index contributed by atoms with van der Waals surface area (Å²) in [6, 6.07) is 4.02. The fourth-order valence-electron chi connectivity index (χ4n) is 1.98. The molecule has 0 fully saturated rings. The molecule has 0 unspecified atom stereocenters. The van der Waals surface area contributed by atoms with Gasteiger partial charge in [-0.3, -0.25) is 15.5 Å². The first-order chi connectivity index (χ1) is 11.1. The van der Waals surface area contributed by atoms with E-state index in [1.54, 1.807) is 0 Å². The van der Waals surface area contributed by atoms with Gasteiger partial charge in [0.05, 0.1) is 21.4 Å². The summed E-state index contributed by atoms with van der Waals surface area (Å²) in [7, 11) is 0. The summed E-state index contributed by atoms with van der Waals surface area (Å²) in [5, 5.41) is 26.2. The Morgan fingerprint density at radius 2 is 2.26 bits per heavy atom. The molecule has 2 heterocycles. The lowest BCUT2D eigenvalue weighted by Crippen LogP contribution is -1.95. The number of nitro groups is 1. The Morgan fingerprint density at radius 1 is 1.43 bits per heavy atom. The van der Waals surface area contributed by atoms with Gasteiger partial charge >= 0.3 is 5.69 Å². The van der Waals surface area contributed by atoms with Crippen LogP contribution in [0.3, 0.4) is 0 Å². The lowest BCUT2D eigenvalue weighted by atomic mass is 10.2. The van der Waals surface area contributed by atoms with Gasteiger partial charge in [0.1, 0.15) is 6.33 Å². The largest absolute Gasteiger partial charge is 0.502 e. The number of phenolic OH excluding ortho intramolecular Hbond substituents is 1. The fraction of sp³-hybridized carbons (Fsp3) is 0.0714. The minimum atomic E-state index is -0.650. The van der Waals surface area contributed by atoms with Gasteiger partial charge in [0.25, 0.3) is 0 Å². The predicted octanol–water partition coefficient (Wildman–Crippen LogP) is 3.06. The summed E-state index contributed by atoms with van der Waals surface area (Å²) in [5.41, 5.74) is 4.85. The summed E-state index contributed by atoms with van der Waals surface area (Å²) in [6.07, 6.45) is 2.87. The number of aromatic hydroxyl groups is 1. The van der Waals surface area contributed by atoms with Crippen LogP contribution in [0, 0.1) is 17.0 Å². The van der Waals surface area contributed by atoms with E-state index in [0.29, 0.717) is 11.4 Å². The Bertz CT molecular complexity index is 922. The second-order valence-electron chi connectivity index (χ2n) is 4.69. The van der Waals surface area contributed by atoms with Crippen molar-refractivity contribution in [3.63, 3.8) is 0 Å². The van der Waals surface area contributed by atoms with Crippen LogP contribution in [0.25, 0.3) is 10.2 Å². The number of hydrazone groups is 1. The van der Waals surface area contributed by atoms with E-state index in [-0.39, 0.29) is 11.4 Å². The zero-order valence-electron chi connectivity index (χ0n) is 11.9. The molecule has 0 aliphatic heterocycles. The smallest absolute Gasteiger partial charge is 0.311 e. The number of nitrogens with one attached hydrogen (secondary N) is 1. The standard InChI is InChI=1S/C14H11N5O3S/c1-8-6-23-13-12(8)15-7-16-14(13)18-17-5-9-2-3-11(20)10(4-9)19(21)22/h2-7,20H,1H3,(H,15,16,18). The Hall–Kier alpha value is -3.07. The molecule has 0 spiro atoms. The van der Waals surface area contributed by atoms with Gasteiger partial charge in [0.2, 0.25) is 0 Å². The monoisotopic (exact) mass is 329 g/mol. The van der Waals surface area contributed by atoms with Crippen LogP contribution >= 0.6 is 11.3 Å². The van der Waals surface area contributed by atoms with Gasteiger partial charge in [-0.15, -0.1) is 11.3 Å². The Balaban J connectivity index is 1.83. The molecule has 3 aromatic rings. The summed E-state index contributed by atoms with van der Waals surface area (Å²) in [4.78, 5) is 18.5. The van der Waals surface area contributed by atoms with Crippen LogP contribution in [0.5, 0.6) is 5.75 Å². The van der Waals surface area contributed by atoms with Gasteiger partial charge in [-0.05, 0) is 30.0 Å². The molecule has 0 aliphatic rings. The Labute approximate surface area is 134 Å². The molecule has 0 saturated heterocycles. The number of hydrogen-bond donors (Lipinski definition) is 2. The van der Waals surface area contributed by atoms with Gasteiger partial charge in [0.15, 0.2) is 11.6 Å². The van der Waals surface area contributed by atoms with Crippen LogP contribution < -0.4 is 5.43 Å². The highest BCUT2D eigenvalue weighted by atomic mass is 32.1. The highest BCUT2D eigenvalue weighted by Crippen LogP contribution is 2.28. The first kappa shape index (κ1) is 14.9. The molecule has 1 aromatic carbocycles. The number of benzene rings is 1. The van der Waals surface area contributed by atoms with Crippen LogP contribution in [-0.2, 0) is 0 Å². The van der Waals surface area contributed by atoms with Crippen molar-refractivity contribution in [1.29, 1.82) is 0 Å². The topological polar surface area (TPSA) is 114 Å². The highest BCUT2D eigenvalue weighted by molar-refractivity contribution is 7.18. The predicted molar refractivity (Wildman–Crippen MR) is 88.1 cm³/mol. The number of nitro benzene ring substituents is 1. The van der Waals surface area contributed by atoms with Crippen molar-refractivity contribution in [3.8, 4) is 5.75 Å². The molecular formula is C14H11N5O3S. The SMILES string of the molecule is Cc1csc2c(NN=Cc3ccc(O)c([N+](=O)[O-])c3)ncnc12. The number of rotatable bonds is 4. The zero-order chi connectivity index (χ0) is 16.4. The Morgan fingerprint density at radius 3 is 3.04 bits per heavy atom. The van der Waals surface area contributed by atoms with Crippen LogP contribution in [0.4, 0.5) is 11.5 Å². The van der Waals surface area contributed by atoms with Crippen LogP contribution in [-0.4, -0.2) is 26.2 Å². The van der Waals surface area contributed by atoms with Crippen molar-refractivity contribution in [2.45, 2.75) is 6.92 Å². The second kappa shape index (κ2) is 5.97. The number of anilines is 1. The molecule has 116 valence electrons. The van der Waals surface area contributed by atoms with Gasteiger partial charge in [0, 0.05) is 11.6 Å². The van der Waals surface area contributed by atoms with Crippen molar-refractivity contribution < 1.29 is 10.0 Å². The summed E-state index contributed by atoms with van der Waals surface area (Å²) in [6.45, 7) is 1.97. The summed E-state index contributed by atoms with van der Waals surface area (Å²) in [5.74, 6) is 0.185. The molecule has 23 heavy (non-hydrogen) atoms. The maximum absolute atomic E-state index is 10.8. The molecule has 0 saturated carbocycles. The van der Waals surface area contributed by atoms with E-state index in [0.717, 1.165) is 15.8 Å². The number of phenols is 1. The van der Waals surface area contributed by atoms with E-state index >= 15 is 0 Å². The van der Waals surface area contributed by atoms with E-state index in [1.807, 2.05) is 12.3 Å². The van der Waals surface area contributed by atoms with Crippen LogP contribution in [0.2, 0.25) is 0 Å². The number of thiophene rings is 1. The molecule has 0 amide bonds. The van der Waals surface area contributed by atoms with E-state index < -0.39 is 4.92 Å². The fourth-order valence-corrected chi connectivity index (χ4v) is 2.93. The van der Waals surface area contributed by atoms with Crippen molar-refractivity contribution in [3.05, 3.63) is 51.1 Å². The lowest BCUT2D eigenvalue weighted by Gasteiger charge is -2.01. The van der Waals surface area contributed by atoms with Gasteiger partial charge in [-0.2, -0.15) is 5.10 Å². The average molecular weight is 329 g/mol. The minimum Gasteiger partial charge on any atom is -0.502 e. The minimum absolute atomic E-state index is 0.368. The first-order valence-electron chi connectivity index (χ1n) is 6.51. The number of fused-ring (bicyclic) bond motifs is 1. The second-order valence-corrected chi connectivity index (χ2v) is 5.57. The van der Waals surface area contributed by atoms with Crippen LogP contribution in [0.1, 0.15) is 11.1 Å². The zero-order valence-corrected chi connectivity index (χ0v) is 12.7. The van der Waals surface area contributed by atoms with E-state index in [2.05, 4.69) is 20.5 Å². The Kier molecular flexibility index (Phi) is 3.85. The highest BCUT2D eigenvalue weighted by Gasteiger charge is 2.12. The van der Waals surface area contributed by atoms with Gasteiger partial charge in [-0.1, -0.05) is 0 Å². The van der Waals surface area contributed by atoms with Crippen molar-refractivity contribution in [2.75, 3.05) is 5.43 Å². The number of aromatic nitrogens is 2. The molecule has 9 heteroatoms. The van der Waals surface area contributed by atoms with Crippen LogP contribution in [0.15, 0.2) is 35.0 Å². The molecule has 0 atom stereocenters. The molecule has 0 bridgehead atoms. The van der Waals surface area contributed by atoms with E-state index in [9.17, 15) is 15.2 Å². The third kappa shape index (κ3) is 2.94. The molecule has 2 aromatic heterocycles. The molecule has 8 nitrogen and oxygen atoms in total. The number of nitrogens with zero attached hydrogens (tertiary/aromatic N) is 4. The number of aryl methyl sites for hydroxylation is 1. The van der Waals surface area contributed by atoms with Crippen molar-refractivity contribution in [2.24, 2.45) is 5.10 Å². The molecule has 0 radical (unpaired) electrons. The molecule has 2 N–H and O–H groups in total. The maximum atomic E-state index is 10.8. The van der Waals surface area contributed by atoms with Crippen molar-refractivity contribution in [1.82, 2.24) is 9.97 Å². The maximum Gasteiger partial charge on any atom is 0.311 e. The third-order valence-electron chi connectivity index (χ3n) is 3.11. The van der Waals surface area contributed by atoms with Crippen molar-refractivity contribution >= 4 is 39.3 Å². The lowest BCUT2D eigenvalue weighted by molar-refractivity contribution is -0.385. The first-order valence-corrected chi connectivity index (χ1v) is 7.39. The molecular weight excluding hydrogens is 318 g/mol. The third-order valence-corrected chi connectivity index (χ3v) is 4.20. The summed E-state index contributed by atoms with van der Waals surface area (Å²) < 4.78 is 0.888. The summed E-state index contributed by atoms with van der Waals surface area (Å²) >= 11 is 1.51. The van der Waals surface area contributed by atoms with E-state index in [4.69, 9.17) is 0 Å².